The van der Waals surface area contributed by atoms with Gasteiger partial charge in [0.15, 0.2) is 23.1 Å². The second-order valence-corrected chi connectivity index (χ2v) is 13.2. The number of fused-ring (bicyclic) bond motifs is 9. The van der Waals surface area contributed by atoms with Crippen LogP contribution in [0.2, 0.25) is 0 Å². The molecule has 4 heterocycles. The average molecular weight is 681 g/mol. The molecular formula is C45H26N4OS. The van der Waals surface area contributed by atoms with E-state index in [2.05, 4.69) is 68.0 Å². The summed E-state index contributed by atoms with van der Waals surface area (Å²) >= 11 is 1.75. The number of aromatic nitrogens is 4. The molecule has 238 valence electrons. The smallest absolute Gasteiger partial charge is 0.164 e. The molecule has 51 heavy (non-hydrogen) atoms. The van der Waals surface area contributed by atoms with Crippen LogP contribution in [0.5, 0.6) is 0 Å². The van der Waals surface area contributed by atoms with Gasteiger partial charge in [-0.2, -0.15) is 0 Å². The fourth-order valence-electron chi connectivity index (χ4n) is 7.00. The highest BCUT2D eigenvalue weighted by Gasteiger charge is 2.20. The third-order valence-electron chi connectivity index (χ3n) is 9.23. The summed E-state index contributed by atoms with van der Waals surface area (Å²) in [5, 5.41) is 6.28. The van der Waals surface area contributed by atoms with Crippen molar-refractivity contribution in [3.63, 3.8) is 0 Å². The molecule has 0 radical (unpaired) electrons. The molecule has 0 spiro atoms. The number of nitrogens with zero attached hydrogens (tertiary/aromatic N) is 4. The molecule has 7 aromatic carbocycles. The molecule has 0 saturated heterocycles. The van der Waals surface area contributed by atoms with Gasteiger partial charge in [-0.3, -0.25) is 0 Å². The van der Waals surface area contributed by atoms with Gasteiger partial charge in [-0.1, -0.05) is 115 Å². The maximum atomic E-state index is 8.67. The van der Waals surface area contributed by atoms with Crippen molar-refractivity contribution < 1.29 is 18.1 Å². The summed E-state index contributed by atoms with van der Waals surface area (Å²) in [4.78, 5) is 13.6. The normalized spacial score (nSPS) is 14.7. The van der Waals surface area contributed by atoms with Gasteiger partial charge in [0.2, 0.25) is 0 Å². The van der Waals surface area contributed by atoms with Gasteiger partial charge in [0.05, 0.1) is 30.4 Å². The van der Waals surface area contributed by atoms with Crippen molar-refractivity contribution in [1.29, 1.82) is 0 Å². The lowest BCUT2D eigenvalue weighted by molar-refractivity contribution is 0.666. The molecule has 0 amide bonds. The van der Waals surface area contributed by atoms with E-state index in [0.29, 0.717) is 16.7 Å². The number of para-hydroxylation sites is 2. The molecular weight excluding hydrogens is 645 g/mol. The molecule has 6 heteroatoms. The van der Waals surface area contributed by atoms with Crippen LogP contribution in [0.4, 0.5) is 0 Å². The first-order valence-corrected chi connectivity index (χ1v) is 16.9. The first kappa shape index (κ1) is 20.1. The first-order chi connectivity index (χ1) is 29.4. The minimum absolute atomic E-state index is 0.0454. The van der Waals surface area contributed by atoms with E-state index in [1.165, 1.54) is 20.2 Å². The number of hydrogen-bond donors (Lipinski definition) is 0. The lowest BCUT2D eigenvalue weighted by atomic mass is 10.1. The Morgan fingerprint density at radius 1 is 0.490 bits per heavy atom. The SMILES string of the molecule is [2H]c1c([2H])c([2H])c(-c2nc(-c3ccc4c(c3)oc3c(-n5c6ccccc6c6cc7c(cc65)sc5ccccc57)cccc34)nc(-c3c([2H])c([2H])c([2H])c([2H])c3[2H])n2)c([2H])c1[2H]. The number of rotatable bonds is 4. The standard InChI is InChI=1S/C45H26N4OS/c1-3-12-27(13-4-1)43-46-44(28-14-5-2-6-15-28)48-45(47-43)29-22-23-31-33-18-11-20-37(42(33)50-39(31)24-29)49-36-19-9-7-16-30(36)34-25-35-32-17-8-10-21-40(32)51-41(35)26-38(34)49/h1-26H/i1D,2D,3D,4D,5D,6D,12D,13D,14D,15D. The number of furan rings is 1. The fourth-order valence-corrected chi connectivity index (χ4v) is 8.12. The van der Waals surface area contributed by atoms with Crippen LogP contribution in [0.1, 0.15) is 13.7 Å². The third-order valence-corrected chi connectivity index (χ3v) is 10.4. The molecule has 0 bridgehead atoms. The Morgan fingerprint density at radius 2 is 1.16 bits per heavy atom. The Morgan fingerprint density at radius 3 is 1.92 bits per heavy atom. The van der Waals surface area contributed by atoms with Crippen molar-refractivity contribution in [3.05, 3.63) is 157 Å². The topological polar surface area (TPSA) is 56.7 Å². The van der Waals surface area contributed by atoms with Gasteiger partial charge in [0.1, 0.15) is 5.58 Å². The van der Waals surface area contributed by atoms with E-state index in [9.17, 15) is 0 Å². The second kappa shape index (κ2) is 10.9. The summed E-state index contributed by atoms with van der Waals surface area (Å²) in [6.45, 7) is 0. The highest BCUT2D eigenvalue weighted by atomic mass is 32.1. The zero-order valence-electron chi connectivity index (χ0n) is 36.3. The monoisotopic (exact) mass is 680 g/mol. The van der Waals surface area contributed by atoms with Crippen LogP contribution in [0, 0.1) is 0 Å². The number of hydrogen-bond acceptors (Lipinski definition) is 5. The van der Waals surface area contributed by atoms with E-state index in [-0.39, 0.29) is 28.6 Å². The van der Waals surface area contributed by atoms with E-state index < -0.39 is 60.4 Å². The van der Waals surface area contributed by atoms with E-state index in [1.807, 2.05) is 36.4 Å². The number of thiophene rings is 1. The van der Waals surface area contributed by atoms with E-state index in [1.54, 1.807) is 23.5 Å². The lowest BCUT2D eigenvalue weighted by Crippen LogP contribution is -2.00. The zero-order chi connectivity index (χ0) is 42.2. The Bertz CT molecular complexity index is 3600. The molecule has 0 saturated carbocycles. The van der Waals surface area contributed by atoms with Crippen molar-refractivity contribution in [3.8, 4) is 39.9 Å². The minimum atomic E-state index is -0.613. The predicted molar refractivity (Wildman–Crippen MR) is 211 cm³/mol. The second-order valence-electron chi connectivity index (χ2n) is 12.1. The van der Waals surface area contributed by atoms with E-state index >= 15 is 0 Å². The maximum absolute atomic E-state index is 8.67. The summed E-state index contributed by atoms with van der Waals surface area (Å²) in [5.41, 5.74) is 3.67. The van der Waals surface area contributed by atoms with Gasteiger partial charge < -0.3 is 8.98 Å². The molecule has 0 atom stereocenters. The average Bonchev–Trinajstić information content (AvgIpc) is 3.94. The van der Waals surface area contributed by atoms with E-state index in [4.69, 9.17) is 18.1 Å². The van der Waals surface area contributed by atoms with Gasteiger partial charge in [-0.15, -0.1) is 11.3 Å². The molecule has 0 fully saturated rings. The quantitative estimate of drug-likeness (QED) is 0.186. The number of benzene rings is 7. The highest BCUT2D eigenvalue weighted by molar-refractivity contribution is 7.25. The largest absolute Gasteiger partial charge is 0.454 e. The Balaban J connectivity index is 1.14. The highest BCUT2D eigenvalue weighted by Crippen LogP contribution is 2.42. The summed E-state index contributed by atoms with van der Waals surface area (Å²) in [5.74, 6) is -0.722. The van der Waals surface area contributed by atoms with Gasteiger partial charge in [0.25, 0.3) is 0 Å². The van der Waals surface area contributed by atoms with Crippen LogP contribution in [0.3, 0.4) is 0 Å². The zero-order valence-corrected chi connectivity index (χ0v) is 27.2. The van der Waals surface area contributed by atoms with Crippen molar-refractivity contribution in [2.75, 3.05) is 0 Å². The molecule has 0 aliphatic heterocycles. The molecule has 11 aromatic rings. The van der Waals surface area contributed by atoms with Crippen molar-refractivity contribution >= 4 is 75.3 Å². The summed E-state index contributed by atoms with van der Waals surface area (Å²) in [6, 6.07) is 26.6. The molecule has 4 aromatic heterocycles. The van der Waals surface area contributed by atoms with Crippen LogP contribution < -0.4 is 0 Å². The summed E-state index contributed by atoms with van der Waals surface area (Å²) in [6.07, 6.45) is 0. The molecule has 0 unspecified atom stereocenters. The summed E-state index contributed by atoms with van der Waals surface area (Å²) in [7, 11) is 0. The Hall–Kier alpha value is -6.63. The van der Waals surface area contributed by atoms with Gasteiger partial charge in [0, 0.05) is 58.4 Å². The van der Waals surface area contributed by atoms with Crippen LogP contribution in [-0.4, -0.2) is 19.5 Å². The van der Waals surface area contributed by atoms with Crippen molar-refractivity contribution in [2.24, 2.45) is 0 Å². The Kier molecular flexibility index (Phi) is 4.32. The lowest BCUT2D eigenvalue weighted by Gasteiger charge is -2.08. The predicted octanol–water partition coefficient (Wildman–Crippen LogP) is 12.2. The molecule has 5 nitrogen and oxygen atoms in total. The van der Waals surface area contributed by atoms with Crippen LogP contribution in [0.15, 0.2) is 162 Å². The van der Waals surface area contributed by atoms with Gasteiger partial charge in [-0.25, -0.2) is 15.0 Å². The third kappa shape index (κ3) is 4.37. The van der Waals surface area contributed by atoms with Crippen molar-refractivity contribution in [1.82, 2.24) is 19.5 Å². The van der Waals surface area contributed by atoms with Crippen molar-refractivity contribution in [2.45, 2.75) is 0 Å². The Labute approximate surface area is 309 Å². The molecule has 0 aliphatic carbocycles. The minimum Gasteiger partial charge on any atom is -0.454 e. The molecule has 11 rings (SSSR count). The fraction of sp³-hybridized carbons (Fsp3) is 0. The molecule has 0 aliphatic rings. The van der Waals surface area contributed by atoms with Crippen LogP contribution in [-0.2, 0) is 0 Å². The van der Waals surface area contributed by atoms with Gasteiger partial charge >= 0.3 is 0 Å². The maximum Gasteiger partial charge on any atom is 0.164 e. The van der Waals surface area contributed by atoms with Gasteiger partial charge in [-0.05, 0) is 42.5 Å². The van der Waals surface area contributed by atoms with E-state index in [0.717, 1.165) is 38.3 Å². The summed E-state index contributed by atoms with van der Waals surface area (Å²) < 4.78 is 95.5. The molecule has 0 N–H and O–H groups in total. The van der Waals surface area contributed by atoms with Crippen LogP contribution >= 0.6 is 11.3 Å². The first-order valence-electron chi connectivity index (χ1n) is 21.1. The van der Waals surface area contributed by atoms with Crippen LogP contribution in [0.25, 0.3) is 104 Å².